The van der Waals surface area contributed by atoms with Gasteiger partial charge in [0.05, 0.1) is 5.01 Å². The van der Waals surface area contributed by atoms with E-state index in [0.717, 1.165) is 35.7 Å². The van der Waals surface area contributed by atoms with Crippen molar-refractivity contribution >= 4 is 22.9 Å². The van der Waals surface area contributed by atoms with Gasteiger partial charge in [-0.3, -0.25) is 0 Å². The van der Waals surface area contributed by atoms with Crippen LogP contribution in [-0.2, 0) is 6.42 Å². The number of benzene rings is 1. The van der Waals surface area contributed by atoms with Crippen LogP contribution in [0.1, 0.15) is 35.7 Å². The summed E-state index contributed by atoms with van der Waals surface area (Å²) in [6, 6.07) is 4.64. The first-order chi connectivity index (χ1) is 9.60. The number of nitrogens with zero attached hydrogens (tertiary/aromatic N) is 1. The molecule has 0 fully saturated rings. The van der Waals surface area contributed by atoms with Crippen molar-refractivity contribution in [1.29, 1.82) is 0 Å². The van der Waals surface area contributed by atoms with Crippen LogP contribution in [0.5, 0.6) is 0 Å². The fourth-order valence-corrected chi connectivity index (χ4v) is 3.18. The molecule has 0 saturated carbocycles. The molecule has 1 aromatic heterocycles. The lowest BCUT2D eigenvalue weighted by Crippen LogP contribution is -2.24. The highest BCUT2D eigenvalue weighted by atomic mass is 35.5. The van der Waals surface area contributed by atoms with Crippen molar-refractivity contribution in [2.45, 2.75) is 32.7 Å². The van der Waals surface area contributed by atoms with Gasteiger partial charge in [-0.2, -0.15) is 0 Å². The molecule has 0 aliphatic heterocycles. The number of aryl methyl sites for hydroxylation is 1. The average Bonchev–Trinajstić information content (AvgIpc) is 2.80. The minimum atomic E-state index is -0.307. The molecule has 5 heteroatoms. The number of thiazole rings is 1. The fourth-order valence-electron chi connectivity index (χ4n) is 2.07. The summed E-state index contributed by atoms with van der Waals surface area (Å²) in [7, 11) is 0. The van der Waals surface area contributed by atoms with Crippen LogP contribution in [0.15, 0.2) is 23.6 Å². The SMILES string of the molecule is CCCNC(Cc1nc(C)cs1)c1ccc(F)cc1Cl. The Hall–Kier alpha value is -0.970. The van der Waals surface area contributed by atoms with Gasteiger partial charge in [0.15, 0.2) is 0 Å². The molecule has 0 spiro atoms. The van der Waals surface area contributed by atoms with Gasteiger partial charge in [0.25, 0.3) is 0 Å². The second kappa shape index (κ2) is 7.16. The Morgan fingerprint density at radius 2 is 2.25 bits per heavy atom. The first-order valence-electron chi connectivity index (χ1n) is 6.69. The molecule has 2 aromatic rings. The van der Waals surface area contributed by atoms with Gasteiger partial charge >= 0.3 is 0 Å². The number of aromatic nitrogens is 1. The molecule has 1 N–H and O–H groups in total. The zero-order valence-corrected chi connectivity index (χ0v) is 13.2. The Balaban J connectivity index is 2.22. The molecular weight excluding hydrogens is 295 g/mol. The van der Waals surface area contributed by atoms with E-state index in [1.807, 2.05) is 12.3 Å². The van der Waals surface area contributed by atoms with Gasteiger partial charge in [-0.1, -0.05) is 24.6 Å². The van der Waals surface area contributed by atoms with Crippen molar-refractivity contribution in [2.24, 2.45) is 0 Å². The molecule has 108 valence electrons. The maximum Gasteiger partial charge on any atom is 0.124 e. The Labute approximate surface area is 128 Å². The van der Waals surface area contributed by atoms with E-state index in [2.05, 4.69) is 17.2 Å². The van der Waals surface area contributed by atoms with E-state index in [0.29, 0.717) is 5.02 Å². The van der Waals surface area contributed by atoms with E-state index < -0.39 is 0 Å². The van der Waals surface area contributed by atoms with E-state index in [-0.39, 0.29) is 11.9 Å². The van der Waals surface area contributed by atoms with Gasteiger partial charge in [-0.05, 0) is 37.6 Å². The van der Waals surface area contributed by atoms with E-state index in [9.17, 15) is 4.39 Å². The molecule has 1 aromatic carbocycles. The van der Waals surface area contributed by atoms with Crippen LogP contribution in [0.4, 0.5) is 4.39 Å². The van der Waals surface area contributed by atoms with Crippen molar-refractivity contribution in [3.05, 3.63) is 50.7 Å². The topological polar surface area (TPSA) is 24.9 Å². The summed E-state index contributed by atoms with van der Waals surface area (Å²) in [5.74, 6) is -0.307. The largest absolute Gasteiger partial charge is 0.310 e. The average molecular weight is 313 g/mol. The minimum Gasteiger partial charge on any atom is -0.310 e. The van der Waals surface area contributed by atoms with Crippen LogP contribution in [0.3, 0.4) is 0 Å². The van der Waals surface area contributed by atoms with Crippen molar-refractivity contribution < 1.29 is 4.39 Å². The highest BCUT2D eigenvalue weighted by Crippen LogP contribution is 2.27. The Morgan fingerprint density at radius 1 is 1.45 bits per heavy atom. The number of rotatable bonds is 6. The molecule has 0 amide bonds. The zero-order chi connectivity index (χ0) is 14.5. The maximum atomic E-state index is 13.2. The first kappa shape index (κ1) is 15.4. The van der Waals surface area contributed by atoms with Crippen LogP contribution < -0.4 is 5.32 Å². The first-order valence-corrected chi connectivity index (χ1v) is 7.95. The molecular formula is C15H18ClFN2S. The van der Waals surface area contributed by atoms with E-state index in [1.54, 1.807) is 17.4 Å². The third kappa shape index (κ3) is 4.01. The standard InChI is InChI=1S/C15H18ClFN2S/c1-3-6-18-14(8-15-19-10(2)9-20-15)12-5-4-11(17)7-13(12)16/h4-5,7,9,14,18H,3,6,8H2,1-2H3. The summed E-state index contributed by atoms with van der Waals surface area (Å²) in [5.41, 5.74) is 1.96. The van der Waals surface area contributed by atoms with E-state index in [1.165, 1.54) is 12.1 Å². The van der Waals surface area contributed by atoms with Crippen molar-refractivity contribution in [1.82, 2.24) is 10.3 Å². The summed E-state index contributed by atoms with van der Waals surface area (Å²) in [6.07, 6.45) is 1.80. The molecule has 0 aliphatic rings. The maximum absolute atomic E-state index is 13.2. The van der Waals surface area contributed by atoms with E-state index >= 15 is 0 Å². The minimum absolute atomic E-state index is 0.0635. The predicted molar refractivity (Wildman–Crippen MR) is 83.0 cm³/mol. The molecule has 0 saturated heterocycles. The van der Waals surface area contributed by atoms with Gasteiger partial charge in [0.2, 0.25) is 0 Å². The molecule has 1 unspecified atom stereocenters. The highest BCUT2D eigenvalue weighted by Gasteiger charge is 2.17. The summed E-state index contributed by atoms with van der Waals surface area (Å²) in [5, 5.41) is 7.03. The van der Waals surface area contributed by atoms with Crippen LogP contribution in [0.2, 0.25) is 5.02 Å². The summed E-state index contributed by atoms with van der Waals surface area (Å²) < 4.78 is 13.2. The second-order valence-electron chi connectivity index (χ2n) is 4.76. The zero-order valence-electron chi connectivity index (χ0n) is 11.6. The van der Waals surface area contributed by atoms with Crippen molar-refractivity contribution in [2.75, 3.05) is 6.54 Å². The highest BCUT2D eigenvalue weighted by molar-refractivity contribution is 7.09. The summed E-state index contributed by atoms with van der Waals surface area (Å²) in [4.78, 5) is 4.49. The molecule has 0 bridgehead atoms. The number of nitrogens with one attached hydrogen (secondary N) is 1. The monoisotopic (exact) mass is 312 g/mol. The van der Waals surface area contributed by atoms with Gasteiger partial charge in [0, 0.05) is 28.6 Å². The lowest BCUT2D eigenvalue weighted by atomic mass is 10.0. The Morgan fingerprint density at radius 3 is 2.85 bits per heavy atom. The molecule has 0 radical (unpaired) electrons. The van der Waals surface area contributed by atoms with Gasteiger partial charge in [-0.25, -0.2) is 9.37 Å². The lowest BCUT2D eigenvalue weighted by Gasteiger charge is -2.19. The molecule has 1 atom stereocenters. The third-order valence-electron chi connectivity index (χ3n) is 3.02. The van der Waals surface area contributed by atoms with Crippen LogP contribution >= 0.6 is 22.9 Å². The summed E-state index contributed by atoms with van der Waals surface area (Å²) >= 11 is 7.82. The van der Waals surface area contributed by atoms with E-state index in [4.69, 9.17) is 11.6 Å². The number of hydrogen-bond donors (Lipinski definition) is 1. The molecule has 20 heavy (non-hydrogen) atoms. The van der Waals surface area contributed by atoms with Gasteiger partial charge in [-0.15, -0.1) is 11.3 Å². The number of hydrogen-bond acceptors (Lipinski definition) is 3. The Bertz CT molecular complexity index is 571. The summed E-state index contributed by atoms with van der Waals surface area (Å²) in [6.45, 7) is 4.99. The molecule has 0 aliphatic carbocycles. The Kier molecular flexibility index (Phi) is 5.52. The van der Waals surface area contributed by atoms with Crippen LogP contribution in [-0.4, -0.2) is 11.5 Å². The number of halogens is 2. The smallest absolute Gasteiger partial charge is 0.124 e. The normalized spacial score (nSPS) is 12.6. The second-order valence-corrected chi connectivity index (χ2v) is 6.11. The van der Waals surface area contributed by atoms with Crippen molar-refractivity contribution in [3.63, 3.8) is 0 Å². The van der Waals surface area contributed by atoms with Gasteiger partial charge in [0.1, 0.15) is 5.82 Å². The fraction of sp³-hybridized carbons (Fsp3) is 0.400. The molecule has 2 rings (SSSR count). The molecule has 2 nitrogen and oxygen atoms in total. The van der Waals surface area contributed by atoms with Crippen molar-refractivity contribution in [3.8, 4) is 0 Å². The predicted octanol–water partition coefficient (Wildman–Crippen LogP) is 4.53. The van der Waals surface area contributed by atoms with Gasteiger partial charge < -0.3 is 5.32 Å². The lowest BCUT2D eigenvalue weighted by molar-refractivity contribution is 0.526. The van der Waals surface area contributed by atoms with Crippen LogP contribution in [0.25, 0.3) is 0 Å². The molecule has 1 heterocycles. The quantitative estimate of drug-likeness (QED) is 0.848. The van der Waals surface area contributed by atoms with Crippen LogP contribution in [0, 0.1) is 12.7 Å². The third-order valence-corrected chi connectivity index (χ3v) is 4.34.